The molecule has 1 unspecified atom stereocenters. The van der Waals surface area contributed by atoms with Crippen molar-refractivity contribution in [1.29, 1.82) is 0 Å². The van der Waals surface area contributed by atoms with Crippen LogP contribution in [0.25, 0.3) is 10.9 Å². The van der Waals surface area contributed by atoms with Crippen LogP contribution in [0.15, 0.2) is 79.1 Å². The van der Waals surface area contributed by atoms with Gasteiger partial charge < -0.3 is 33.6 Å². The van der Waals surface area contributed by atoms with Crippen molar-refractivity contribution in [2.45, 2.75) is 38.5 Å². The van der Waals surface area contributed by atoms with Crippen LogP contribution in [0.2, 0.25) is 0 Å². The van der Waals surface area contributed by atoms with E-state index in [0.717, 1.165) is 27.1 Å². The molecular weight excluding hydrogens is 793 g/mol. The summed E-state index contributed by atoms with van der Waals surface area (Å²) >= 11 is 0. The van der Waals surface area contributed by atoms with E-state index in [9.17, 15) is 24.0 Å². The van der Waals surface area contributed by atoms with E-state index in [4.69, 9.17) is 28.9 Å². The van der Waals surface area contributed by atoms with E-state index in [2.05, 4.69) is 20.9 Å². The quantitative estimate of drug-likeness (QED) is 0.0321. The van der Waals surface area contributed by atoms with Crippen LogP contribution in [0.1, 0.15) is 55.2 Å². The van der Waals surface area contributed by atoms with Gasteiger partial charge in [-0.25, -0.2) is 10.2 Å². The zero-order chi connectivity index (χ0) is 42.6. The number of nitrogens with zero attached hydrogens (tertiary/aromatic N) is 5. The number of piperidine rings is 1. The second-order valence-corrected chi connectivity index (χ2v) is 14.1. The van der Waals surface area contributed by atoms with Crippen molar-refractivity contribution in [3.05, 3.63) is 107 Å². The molecule has 4 N–H and O–H groups in total. The normalized spacial score (nSPS) is 15.0. The smallest absolute Gasteiger partial charge is 0.274 e. The molecule has 5 aromatic rings. The highest BCUT2D eigenvalue weighted by molar-refractivity contribution is 6.25. The zero-order valence-corrected chi connectivity index (χ0v) is 33.2. The summed E-state index contributed by atoms with van der Waals surface area (Å²) < 4.78 is 31.9. The average molecular weight is 839 g/mol. The summed E-state index contributed by atoms with van der Waals surface area (Å²) in [4.78, 5) is 63.1. The Labute approximate surface area is 349 Å². The first kappa shape index (κ1) is 42.6. The molecule has 2 aromatic heterocycles. The number of ether oxygens (including phenoxy) is 5. The lowest BCUT2D eigenvalue weighted by Gasteiger charge is -2.27. The average Bonchev–Trinajstić information content (AvgIpc) is 3.97. The highest BCUT2D eigenvalue weighted by Gasteiger charge is 2.45. The van der Waals surface area contributed by atoms with Gasteiger partial charge in [-0.2, -0.15) is 0 Å². The maximum Gasteiger partial charge on any atom is 0.274 e. The van der Waals surface area contributed by atoms with E-state index in [1.165, 1.54) is 0 Å². The fourth-order valence-corrected chi connectivity index (χ4v) is 6.93. The van der Waals surface area contributed by atoms with E-state index in [-0.39, 0.29) is 30.5 Å². The lowest BCUT2D eigenvalue weighted by molar-refractivity contribution is -0.136. The Kier molecular flexibility index (Phi) is 14.4. The monoisotopic (exact) mass is 838 g/mol. The predicted octanol–water partition coefficient (Wildman–Crippen LogP) is 2.56. The van der Waals surface area contributed by atoms with Gasteiger partial charge in [0.1, 0.15) is 24.1 Å². The molecule has 19 heteroatoms. The number of rotatable bonds is 23. The first-order valence-corrected chi connectivity index (χ1v) is 19.8. The maximum absolute atomic E-state index is 13.3. The topological polar surface area (TPSA) is 227 Å². The van der Waals surface area contributed by atoms with Crippen LogP contribution in [-0.4, -0.2) is 125 Å². The molecule has 1 fully saturated rings. The lowest BCUT2D eigenvalue weighted by atomic mass is 10.0. The molecular formula is C42H46N8O11. The lowest BCUT2D eigenvalue weighted by Crippen LogP contribution is -2.54. The van der Waals surface area contributed by atoms with Crippen molar-refractivity contribution < 1.29 is 52.9 Å². The summed E-state index contributed by atoms with van der Waals surface area (Å²) in [6.45, 7) is 5.03. The van der Waals surface area contributed by atoms with Gasteiger partial charge in [-0.1, -0.05) is 29.5 Å². The Balaban J connectivity index is 0.691. The molecule has 7 rings (SSSR count). The van der Waals surface area contributed by atoms with Gasteiger partial charge in [0.05, 0.1) is 83.3 Å². The van der Waals surface area contributed by atoms with Gasteiger partial charge >= 0.3 is 0 Å². The number of hydrogen-bond acceptors (Lipinski definition) is 14. The molecule has 2 aliphatic rings. The minimum absolute atomic E-state index is 0.0489. The van der Waals surface area contributed by atoms with Crippen molar-refractivity contribution in [2.75, 3.05) is 64.8 Å². The minimum Gasteiger partial charge on any atom is -0.491 e. The second kappa shape index (κ2) is 20.6. The third-order valence-corrected chi connectivity index (χ3v) is 10.0. The largest absolute Gasteiger partial charge is 0.491 e. The van der Waals surface area contributed by atoms with Crippen LogP contribution in [0.5, 0.6) is 5.75 Å². The van der Waals surface area contributed by atoms with Gasteiger partial charge in [-0.05, 0) is 59.8 Å². The number of anilines is 1. The van der Waals surface area contributed by atoms with E-state index >= 15 is 0 Å². The third kappa shape index (κ3) is 10.8. The fourth-order valence-electron chi connectivity index (χ4n) is 6.93. The van der Waals surface area contributed by atoms with E-state index in [1.807, 2.05) is 47.2 Å². The van der Waals surface area contributed by atoms with Crippen LogP contribution in [0, 0.1) is 0 Å². The van der Waals surface area contributed by atoms with Gasteiger partial charge in [-0.15, -0.1) is 5.10 Å². The molecule has 320 valence electrons. The number of aromatic nitrogens is 4. The summed E-state index contributed by atoms with van der Waals surface area (Å²) in [5.74, 6) is -2.06. The molecule has 1 saturated heterocycles. The summed E-state index contributed by atoms with van der Waals surface area (Å²) in [6, 6.07) is 18.9. The standard InChI is InChI=1S/C42H46N8O11/c51-37-11-10-35(40(53)44-37)50-41(54)33-2-1-3-34(38(33)42(50)55)43-25-31-27-49(47-45-31)14-15-57-16-17-58-18-19-59-20-21-60-22-23-61-32-8-4-28(5-9-32)26-48-13-12-29-6-7-30(24-36(29)48)39(52)46-56/h1-9,12-13,24,27,35,43,56H,10-11,14-23,25-26H2,(H,46,52)(H,44,51,53). The van der Waals surface area contributed by atoms with Crippen LogP contribution in [-0.2, 0) is 48.2 Å². The van der Waals surface area contributed by atoms with Crippen LogP contribution >= 0.6 is 0 Å². The summed E-state index contributed by atoms with van der Waals surface area (Å²) in [5.41, 5.74) is 5.41. The molecule has 4 heterocycles. The first-order chi connectivity index (χ1) is 29.8. The van der Waals surface area contributed by atoms with E-state index in [0.29, 0.717) is 89.5 Å². The Hall–Kier alpha value is -6.51. The van der Waals surface area contributed by atoms with Gasteiger partial charge in [0.15, 0.2) is 0 Å². The van der Waals surface area contributed by atoms with Crippen molar-refractivity contribution in [2.24, 2.45) is 0 Å². The van der Waals surface area contributed by atoms with E-state index < -0.39 is 35.6 Å². The van der Waals surface area contributed by atoms with E-state index in [1.54, 1.807) is 46.7 Å². The highest BCUT2D eigenvalue weighted by Crippen LogP contribution is 2.32. The number of benzene rings is 3. The van der Waals surface area contributed by atoms with Crippen molar-refractivity contribution in [1.82, 2.24) is 35.3 Å². The van der Waals surface area contributed by atoms with Gasteiger partial charge in [-0.3, -0.25) is 39.4 Å². The SMILES string of the molecule is O=C1CCC(N2C(=O)c3cccc(NCc4cn(CCOCCOCCOCCOCCOc5ccc(Cn6ccc7ccc(C(=O)NO)cc76)cc5)nn4)c3C2=O)C(=O)N1. The summed E-state index contributed by atoms with van der Waals surface area (Å²) in [7, 11) is 0. The Morgan fingerprint density at radius 2 is 1.56 bits per heavy atom. The molecule has 0 radical (unpaired) electrons. The number of carbonyl (C=O) groups is 5. The molecule has 1 atom stereocenters. The van der Waals surface area contributed by atoms with Gasteiger partial charge in [0.25, 0.3) is 17.7 Å². The first-order valence-electron chi connectivity index (χ1n) is 19.8. The molecule has 5 amide bonds. The maximum atomic E-state index is 13.3. The molecule has 0 bridgehead atoms. The minimum atomic E-state index is -1.04. The van der Waals surface area contributed by atoms with Crippen LogP contribution < -0.4 is 20.9 Å². The van der Waals surface area contributed by atoms with Crippen LogP contribution in [0.3, 0.4) is 0 Å². The second-order valence-electron chi connectivity index (χ2n) is 14.1. The number of fused-ring (bicyclic) bond motifs is 2. The Morgan fingerprint density at radius 1 is 0.836 bits per heavy atom. The molecule has 3 aromatic carbocycles. The molecule has 0 aliphatic carbocycles. The van der Waals surface area contributed by atoms with Crippen molar-refractivity contribution in [3.63, 3.8) is 0 Å². The van der Waals surface area contributed by atoms with Gasteiger partial charge in [0, 0.05) is 35.9 Å². The highest BCUT2D eigenvalue weighted by atomic mass is 16.6. The Morgan fingerprint density at radius 3 is 2.28 bits per heavy atom. The number of hydroxylamine groups is 1. The number of hydrogen-bond donors (Lipinski definition) is 4. The number of amides is 5. The predicted molar refractivity (Wildman–Crippen MR) is 216 cm³/mol. The van der Waals surface area contributed by atoms with Crippen molar-refractivity contribution in [3.8, 4) is 5.75 Å². The Bertz CT molecular complexity index is 2340. The van der Waals surface area contributed by atoms with Crippen molar-refractivity contribution >= 4 is 46.1 Å². The zero-order valence-electron chi connectivity index (χ0n) is 33.2. The molecule has 61 heavy (non-hydrogen) atoms. The van der Waals surface area contributed by atoms with Gasteiger partial charge in [0.2, 0.25) is 11.8 Å². The van der Waals surface area contributed by atoms with Crippen LogP contribution in [0.4, 0.5) is 5.69 Å². The molecule has 2 aliphatic heterocycles. The third-order valence-electron chi connectivity index (χ3n) is 10.0. The number of imide groups is 2. The summed E-state index contributed by atoms with van der Waals surface area (Å²) in [5, 5.41) is 23.6. The molecule has 0 spiro atoms. The number of nitrogens with one attached hydrogen (secondary N) is 3. The fraction of sp³-hybridized carbons (Fsp3) is 0.357. The number of carbonyl (C=O) groups excluding carboxylic acids is 5. The molecule has 0 saturated carbocycles. The summed E-state index contributed by atoms with van der Waals surface area (Å²) in [6.07, 6.45) is 3.85. The molecule has 19 nitrogen and oxygen atoms in total.